The number of carbonyl (C=O) groups excluding carboxylic acids is 6. The van der Waals surface area contributed by atoms with E-state index in [1.165, 1.54) is 9.80 Å². The quantitative estimate of drug-likeness (QED) is 0.189. The van der Waals surface area contributed by atoms with Gasteiger partial charge in [0, 0.05) is 26.9 Å². The molecule has 2 rings (SSSR count). The summed E-state index contributed by atoms with van der Waals surface area (Å²) in [6.07, 6.45) is 0. The Hall–Kier alpha value is -2.28. The lowest BCUT2D eigenvalue weighted by molar-refractivity contribution is -0.170. The van der Waals surface area contributed by atoms with Gasteiger partial charge in [0.05, 0.1) is 26.2 Å². The second-order valence-electron chi connectivity index (χ2n) is 6.54. The minimum atomic E-state index is -1.52. The van der Waals surface area contributed by atoms with Crippen LogP contribution in [0.15, 0.2) is 0 Å². The molecule has 0 radical (unpaired) electrons. The van der Waals surface area contributed by atoms with Crippen molar-refractivity contribution in [2.75, 3.05) is 39.3 Å². The van der Waals surface area contributed by atoms with Crippen LogP contribution in [0.5, 0.6) is 0 Å². The minimum Gasteiger partial charge on any atom is -0.427 e. The van der Waals surface area contributed by atoms with Crippen molar-refractivity contribution in [3.8, 4) is 0 Å². The number of piperazine rings is 2. The summed E-state index contributed by atoms with van der Waals surface area (Å²) in [6, 6.07) is 0. The summed E-state index contributed by atoms with van der Waals surface area (Å²) >= 11 is 11.6. The van der Waals surface area contributed by atoms with Crippen molar-refractivity contribution < 1.29 is 38.2 Å². The Balaban J connectivity index is 1.87. The maximum atomic E-state index is 12.2. The van der Waals surface area contributed by atoms with Gasteiger partial charge in [0.15, 0.2) is 0 Å². The van der Waals surface area contributed by atoms with Crippen LogP contribution in [0, 0.1) is 0 Å². The molecular formula is C16H20Cl2N4O8. The fourth-order valence-corrected chi connectivity index (χ4v) is 3.58. The van der Waals surface area contributed by atoms with Crippen LogP contribution in [0.25, 0.3) is 0 Å². The first kappa shape index (κ1) is 24.0. The van der Waals surface area contributed by atoms with E-state index in [9.17, 15) is 28.8 Å². The van der Waals surface area contributed by atoms with Crippen molar-refractivity contribution in [1.29, 1.82) is 0 Å². The number of hydrogen-bond acceptors (Lipinski definition) is 10. The number of amides is 4. The zero-order valence-corrected chi connectivity index (χ0v) is 17.7. The van der Waals surface area contributed by atoms with Gasteiger partial charge < -0.3 is 9.47 Å². The lowest BCUT2D eigenvalue weighted by Gasteiger charge is -2.37. The highest BCUT2D eigenvalue weighted by Crippen LogP contribution is 2.16. The van der Waals surface area contributed by atoms with Crippen molar-refractivity contribution >= 4 is 58.8 Å². The third-order valence-corrected chi connectivity index (χ3v) is 4.74. The predicted molar refractivity (Wildman–Crippen MR) is 99.4 cm³/mol. The number of rotatable bonds is 7. The lowest BCUT2D eigenvalue weighted by atomic mass is 10.2. The molecule has 2 heterocycles. The number of nitrogens with zero attached hydrogens (tertiary/aromatic N) is 4. The molecule has 0 N–H and O–H groups in total. The highest BCUT2D eigenvalue weighted by atomic mass is 35.5. The van der Waals surface area contributed by atoms with Crippen molar-refractivity contribution in [2.24, 2.45) is 0 Å². The highest BCUT2D eigenvalue weighted by Gasteiger charge is 2.39. The van der Waals surface area contributed by atoms with Gasteiger partial charge in [0.2, 0.25) is 23.6 Å². The van der Waals surface area contributed by atoms with Crippen molar-refractivity contribution in [3.05, 3.63) is 0 Å². The fourth-order valence-electron chi connectivity index (χ4n) is 2.89. The summed E-state index contributed by atoms with van der Waals surface area (Å²) in [4.78, 5) is 75.1. The smallest absolute Gasteiger partial charge is 0.305 e. The molecule has 2 saturated heterocycles. The van der Waals surface area contributed by atoms with Crippen molar-refractivity contribution in [3.63, 3.8) is 0 Å². The van der Waals surface area contributed by atoms with Crippen LogP contribution in [0.4, 0.5) is 0 Å². The van der Waals surface area contributed by atoms with E-state index in [1.54, 1.807) is 0 Å². The van der Waals surface area contributed by atoms with E-state index in [1.807, 2.05) is 0 Å². The number of ether oxygens (including phenoxy) is 2. The minimum absolute atomic E-state index is 0.158. The molecule has 0 saturated carbocycles. The summed E-state index contributed by atoms with van der Waals surface area (Å²) in [6.45, 7) is 1.98. The standard InChI is InChI=1S/C16H20Cl2N4O8/c1-9(23)29-15(17)21-11(25)5-19(6-12(21)26)3-4-20-7-13(27)22(14(28)8-20)16(18)30-10(2)24/h15-16H,3-8H2,1-2H3. The van der Waals surface area contributed by atoms with Gasteiger partial charge in [-0.25, -0.2) is 9.80 Å². The summed E-state index contributed by atoms with van der Waals surface area (Å²) in [7, 11) is 0. The maximum absolute atomic E-state index is 12.2. The van der Waals surface area contributed by atoms with E-state index in [2.05, 4.69) is 9.47 Å². The average Bonchev–Trinajstić information content (AvgIpc) is 2.57. The van der Waals surface area contributed by atoms with Crippen LogP contribution in [-0.4, -0.2) is 106 Å². The summed E-state index contributed by atoms with van der Waals surface area (Å²) < 4.78 is 9.32. The fraction of sp³-hybridized carbons (Fsp3) is 0.625. The largest absolute Gasteiger partial charge is 0.427 e. The molecule has 2 atom stereocenters. The molecule has 2 fully saturated rings. The normalized spacial score (nSPS) is 20.9. The Morgan fingerprint density at radius 3 is 1.23 bits per heavy atom. The Kier molecular flexibility index (Phi) is 8.12. The number of halogens is 2. The third-order valence-electron chi connectivity index (χ3n) is 4.18. The number of imide groups is 2. The number of hydrogen-bond donors (Lipinski definition) is 0. The van der Waals surface area contributed by atoms with Gasteiger partial charge in [-0.05, 0) is 0 Å². The molecule has 14 heteroatoms. The number of alkyl halides is 2. The first-order valence-corrected chi connectivity index (χ1v) is 9.64. The molecule has 4 amide bonds. The summed E-state index contributed by atoms with van der Waals surface area (Å²) in [5.41, 5.74) is -3.04. The van der Waals surface area contributed by atoms with Crippen LogP contribution in [0.1, 0.15) is 13.8 Å². The van der Waals surface area contributed by atoms with E-state index in [-0.39, 0.29) is 39.3 Å². The van der Waals surface area contributed by atoms with Crippen molar-refractivity contribution in [1.82, 2.24) is 19.6 Å². The number of esters is 2. The predicted octanol–water partition coefficient (Wildman–Crippen LogP) is -1.50. The molecule has 0 bridgehead atoms. The Morgan fingerprint density at radius 1 is 0.733 bits per heavy atom. The van der Waals surface area contributed by atoms with E-state index >= 15 is 0 Å². The van der Waals surface area contributed by atoms with Gasteiger partial charge in [-0.1, -0.05) is 23.2 Å². The second-order valence-corrected chi connectivity index (χ2v) is 7.29. The van der Waals surface area contributed by atoms with Gasteiger partial charge in [-0.3, -0.25) is 38.6 Å². The van der Waals surface area contributed by atoms with E-state index < -0.39 is 46.9 Å². The van der Waals surface area contributed by atoms with Crippen LogP contribution in [0.3, 0.4) is 0 Å². The average molecular weight is 467 g/mol. The molecule has 0 aromatic carbocycles. The van der Waals surface area contributed by atoms with Gasteiger partial charge >= 0.3 is 11.9 Å². The van der Waals surface area contributed by atoms with Crippen LogP contribution in [-0.2, 0) is 38.2 Å². The van der Waals surface area contributed by atoms with Gasteiger partial charge in [0.25, 0.3) is 11.4 Å². The Bertz CT molecular complexity index is 666. The monoisotopic (exact) mass is 466 g/mol. The molecule has 0 aromatic heterocycles. The molecule has 0 aliphatic carbocycles. The summed E-state index contributed by atoms with van der Waals surface area (Å²) in [5, 5.41) is 0. The van der Waals surface area contributed by atoms with Crippen LogP contribution < -0.4 is 0 Å². The Labute approximate surface area is 181 Å². The maximum Gasteiger partial charge on any atom is 0.305 e. The van der Waals surface area contributed by atoms with E-state index in [4.69, 9.17) is 23.2 Å². The first-order valence-electron chi connectivity index (χ1n) is 8.76. The zero-order valence-electron chi connectivity index (χ0n) is 16.2. The van der Waals surface area contributed by atoms with Gasteiger partial charge in [-0.2, -0.15) is 0 Å². The topological polar surface area (TPSA) is 134 Å². The molecule has 12 nitrogen and oxygen atoms in total. The zero-order chi connectivity index (χ0) is 22.6. The van der Waals surface area contributed by atoms with Crippen LogP contribution >= 0.6 is 23.2 Å². The van der Waals surface area contributed by atoms with Crippen LogP contribution in [0.2, 0.25) is 0 Å². The van der Waals surface area contributed by atoms with Gasteiger partial charge in [-0.15, -0.1) is 0 Å². The van der Waals surface area contributed by atoms with E-state index in [0.717, 1.165) is 13.8 Å². The molecule has 30 heavy (non-hydrogen) atoms. The molecular weight excluding hydrogens is 447 g/mol. The number of carbonyl (C=O) groups is 6. The first-order chi connectivity index (χ1) is 14.0. The lowest BCUT2D eigenvalue weighted by Crippen LogP contribution is -2.60. The van der Waals surface area contributed by atoms with E-state index in [0.29, 0.717) is 9.80 Å². The third kappa shape index (κ3) is 6.11. The molecule has 166 valence electrons. The van der Waals surface area contributed by atoms with Gasteiger partial charge in [0.1, 0.15) is 0 Å². The SMILES string of the molecule is CC(=O)OC(Cl)N1C(=O)CN(CCN2CC(=O)N(C(Cl)OC(C)=O)C(=O)C2)CC1=O. The highest BCUT2D eigenvalue weighted by molar-refractivity contribution is 6.23. The summed E-state index contributed by atoms with van der Waals surface area (Å²) in [5.74, 6) is -4.04. The molecule has 2 aliphatic rings. The van der Waals surface area contributed by atoms with Crippen molar-refractivity contribution in [2.45, 2.75) is 25.2 Å². The molecule has 2 unspecified atom stereocenters. The second kappa shape index (κ2) is 10.2. The molecule has 0 aromatic rings. The molecule has 0 spiro atoms. The Morgan fingerprint density at radius 2 is 1.00 bits per heavy atom. The molecule has 2 aliphatic heterocycles.